The van der Waals surface area contributed by atoms with Gasteiger partial charge in [-0.25, -0.2) is 0 Å². The van der Waals surface area contributed by atoms with E-state index in [1.165, 1.54) is 0 Å². The van der Waals surface area contributed by atoms with E-state index in [4.69, 9.17) is 4.74 Å². The molecule has 0 unspecified atom stereocenters. The molecule has 0 atom stereocenters. The van der Waals surface area contributed by atoms with Gasteiger partial charge < -0.3 is 15.2 Å². The average molecular weight is 314 g/mol. The molecule has 0 heterocycles. The molecule has 21 heavy (non-hydrogen) atoms. The Bertz CT molecular complexity index is 450. The first-order valence-corrected chi connectivity index (χ1v) is 7.22. The van der Waals surface area contributed by atoms with Gasteiger partial charge in [-0.1, -0.05) is 18.2 Å². The fraction of sp³-hybridized carbons (Fsp3) is 0.562. The minimum absolute atomic E-state index is 0. The van der Waals surface area contributed by atoms with E-state index >= 15 is 0 Å². The second-order valence-electron chi connectivity index (χ2n) is 5.58. The number of hydrogen-bond donors (Lipinski definition) is 2. The number of amides is 1. The summed E-state index contributed by atoms with van der Waals surface area (Å²) < 4.78 is 5.63. The molecule has 1 aliphatic rings. The Morgan fingerprint density at radius 2 is 1.81 bits per heavy atom. The molecule has 1 fully saturated rings. The molecule has 0 spiro atoms. The lowest BCUT2D eigenvalue weighted by Crippen LogP contribution is -2.40. The zero-order valence-electron chi connectivity index (χ0n) is 12.6. The first kappa shape index (κ1) is 17.8. The van der Waals surface area contributed by atoms with Crippen molar-refractivity contribution in [1.29, 1.82) is 0 Å². The van der Waals surface area contributed by atoms with E-state index in [9.17, 15) is 9.90 Å². The molecule has 0 radical (unpaired) electrons. The number of halogens is 1. The summed E-state index contributed by atoms with van der Waals surface area (Å²) in [6, 6.07) is 6.10. The van der Waals surface area contributed by atoms with E-state index in [2.05, 4.69) is 5.32 Å². The van der Waals surface area contributed by atoms with Crippen LogP contribution in [0.4, 0.5) is 0 Å². The number of para-hydroxylation sites is 1. The fourth-order valence-corrected chi connectivity index (χ4v) is 2.65. The summed E-state index contributed by atoms with van der Waals surface area (Å²) in [6.45, 7) is 4.00. The Morgan fingerprint density at radius 1 is 1.24 bits per heavy atom. The summed E-state index contributed by atoms with van der Waals surface area (Å²) in [4.78, 5) is 11.9. The highest BCUT2D eigenvalue weighted by Crippen LogP contribution is 2.22. The second kappa shape index (κ2) is 8.25. The van der Waals surface area contributed by atoms with E-state index in [0.717, 1.165) is 42.6 Å². The van der Waals surface area contributed by atoms with Crippen molar-refractivity contribution in [3.8, 4) is 5.75 Å². The third kappa shape index (κ3) is 5.21. The highest BCUT2D eigenvalue weighted by Gasteiger charge is 2.20. The molecule has 5 heteroatoms. The predicted molar refractivity (Wildman–Crippen MR) is 85.1 cm³/mol. The topological polar surface area (TPSA) is 58.6 Å². The normalized spacial score (nSPS) is 21.3. The molecule has 0 bridgehead atoms. The number of aliphatic hydroxyl groups is 1. The summed E-state index contributed by atoms with van der Waals surface area (Å²) in [6.07, 6.45) is 3.02. The summed E-state index contributed by atoms with van der Waals surface area (Å²) >= 11 is 0. The van der Waals surface area contributed by atoms with Gasteiger partial charge in [0.1, 0.15) is 5.75 Å². The number of aryl methyl sites for hydroxylation is 2. The largest absolute Gasteiger partial charge is 0.483 e. The molecule has 0 aromatic heterocycles. The summed E-state index contributed by atoms with van der Waals surface area (Å²) in [5.74, 6) is 0.704. The maximum absolute atomic E-state index is 11.9. The summed E-state index contributed by atoms with van der Waals surface area (Å²) in [7, 11) is 0. The smallest absolute Gasteiger partial charge is 0.258 e. The Hall–Kier alpha value is -1.26. The van der Waals surface area contributed by atoms with Gasteiger partial charge in [0, 0.05) is 6.04 Å². The lowest BCUT2D eigenvalue weighted by atomic mass is 9.93. The third-order valence-corrected chi connectivity index (χ3v) is 3.82. The van der Waals surface area contributed by atoms with Crippen LogP contribution in [-0.2, 0) is 4.79 Å². The minimum Gasteiger partial charge on any atom is -0.483 e. The van der Waals surface area contributed by atoms with Crippen molar-refractivity contribution in [2.24, 2.45) is 0 Å². The van der Waals surface area contributed by atoms with E-state index in [1.807, 2.05) is 32.0 Å². The number of carbonyl (C=O) groups excluding carboxylic acids is 1. The molecule has 0 aliphatic heterocycles. The van der Waals surface area contributed by atoms with Gasteiger partial charge in [0.25, 0.3) is 5.91 Å². The minimum atomic E-state index is -0.200. The zero-order valence-corrected chi connectivity index (χ0v) is 13.4. The van der Waals surface area contributed by atoms with Gasteiger partial charge in [0.2, 0.25) is 0 Å². The number of rotatable bonds is 4. The van der Waals surface area contributed by atoms with Crippen molar-refractivity contribution in [3.05, 3.63) is 29.3 Å². The van der Waals surface area contributed by atoms with Crippen LogP contribution >= 0.6 is 12.4 Å². The van der Waals surface area contributed by atoms with Gasteiger partial charge in [0.05, 0.1) is 6.10 Å². The maximum atomic E-state index is 11.9. The molecule has 1 aromatic carbocycles. The van der Waals surface area contributed by atoms with E-state index < -0.39 is 0 Å². The first-order valence-electron chi connectivity index (χ1n) is 7.22. The number of hydrogen-bond acceptors (Lipinski definition) is 3. The molecule has 2 N–H and O–H groups in total. The van der Waals surface area contributed by atoms with Crippen LogP contribution in [0.5, 0.6) is 5.75 Å². The molecule has 0 saturated heterocycles. The fourth-order valence-electron chi connectivity index (χ4n) is 2.65. The number of nitrogens with one attached hydrogen (secondary N) is 1. The lowest BCUT2D eigenvalue weighted by molar-refractivity contribution is -0.124. The van der Waals surface area contributed by atoms with Crippen LogP contribution in [0.2, 0.25) is 0 Å². The van der Waals surface area contributed by atoms with Crippen LogP contribution in [0.3, 0.4) is 0 Å². The van der Waals surface area contributed by atoms with Crippen LogP contribution in [0.15, 0.2) is 18.2 Å². The van der Waals surface area contributed by atoms with E-state index in [1.54, 1.807) is 0 Å². The van der Waals surface area contributed by atoms with Crippen LogP contribution in [0, 0.1) is 13.8 Å². The van der Waals surface area contributed by atoms with Crippen molar-refractivity contribution in [2.45, 2.75) is 51.7 Å². The highest BCUT2D eigenvalue weighted by atomic mass is 35.5. The Morgan fingerprint density at radius 3 is 2.38 bits per heavy atom. The molecular weight excluding hydrogens is 290 g/mol. The number of carbonyl (C=O) groups is 1. The average Bonchev–Trinajstić information content (AvgIpc) is 2.41. The predicted octanol–water partition coefficient (Wildman–Crippen LogP) is 2.52. The standard InChI is InChI=1S/C16H23NO3.ClH/c1-11-4-3-5-12(2)16(11)20-10-15(19)17-13-6-8-14(18)9-7-13;/h3-5,13-14,18H,6-10H2,1-2H3,(H,17,19);1H. The van der Waals surface area contributed by atoms with Gasteiger partial charge in [0.15, 0.2) is 6.61 Å². The van der Waals surface area contributed by atoms with Gasteiger partial charge in [-0.15, -0.1) is 12.4 Å². The first-order chi connectivity index (χ1) is 9.56. The molecule has 1 saturated carbocycles. The zero-order chi connectivity index (χ0) is 14.5. The number of benzene rings is 1. The molecular formula is C16H24ClNO3. The van der Waals surface area contributed by atoms with Crippen molar-refractivity contribution >= 4 is 18.3 Å². The molecule has 1 aromatic rings. The van der Waals surface area contributed by atoms with Crippen molar-refractivity contribution in [3.63, 3.8) is 0 Å². The number of aliphatic hydroxyl groups excluding tert-OH is 1. The van der Waals surface area contributed by atoms with E-state index in [-0.39, 0.29) is 37.1 Å². The van der Waals surface area contributed by atoms with Crippen LogP contribution < -0.4 is 10.1 Å². The van der Waals surface area contributed by atoms with Crippen molar-refractivity contribution in [2.75, 3.05) is 6.61 Å². The molecule has 4 nitrogen and oxygen atoms in total. The van der Waals surface area contributed by atoms with Crippen LogP contribution in [0.25, 0.3) is 0 Å². The molecule has 2 rings (SSSR count). The van der Waals surface area contributed by atoms with Crippen molar-refractivity contribution in [1.82, 2.24) is 5.32 Å². The van der Waals surface area contributed by atoms with Gasteiger partial charge >= 0.3 is 0 Å². The van der Waals surface area contributed by atoms with Crippen LogP contribution in [0.1, 0.15) is 36.8 Å². The Kier molecular flexibility index (Phi) is 6.99. The Labute approximate surface area is 132 Å². The van der Waals surface area contributed by atoms with Crippen molar-refractivity contribution < 1.29 is 14.6 Å². The Balaban J connectivity index is 0.00000220. The van der Waals surface area contributed by atoms with Gasteiger partial charge in [-0.2, -0.15) is 0 Å². The summed E-state index contributed by atoms with van der Waals surface area (Å²) in [5, 5.41) is 12.4. The second-order valence-corrected chi connectivity index (χ2v) is 5.58. The van der Waals surface area contributed by atoms with E-state index in [0.29, 0.717) is 0 Å². The number of ether oxygens (including phenoxy) is 1. The maximum Gasteiger partial charge on any atom is 0.258 e. The van der Waals surface area contributed by atoms with Gasteiger partial charge in [-0.05, 0) is 50.7 Å². The molecule has 118 valence electrons. The summed E-state index contributed by atoms with van der Waals surface area (Å²) in [5.41, 5.74) is 2.08. The highest BCUT2D eigenvalue weighted by molar-refractivity contribution is 5.85. The van der Waals surface area contributed by atoms with Crippen LogP contribution in [-0.4, -0.2) is 29.8 Å². The third-order valence-electron chi connectivity index (χ3n) is 3.82. The quantitative estimate of drug-likeness (QED) is 0.898. The lowest BCUT2D eigenvalue weighted by Gasteiger charge is -2.26. The molecule has 1 amide bonds. The molecule has 1 aliphatic carbocycles. The van der Waals surface area contributed by atoms with Gasteiger partial charge in [-0.3, -0.25) is 4.79 Å². The monoisotopic (exact) mass is 313 g/mol. The SMILES string of the molecule is Cc1cccc(C)c1OCC(=O)NC1CCC(O)CC1.Cl.